The number of rotatable bonds is 4. The van der Waals surface area contributed by atoms with Crippen molar-refractivity contribution in [3.8, 4) is 0 Å². The maximum Gasteiger partial charge on any atom is 0.224 e. The smallest absolute Gasteiger partial charge is 0.224 e. The van der Waals surface area contributed by atoms with E-state index in [2.05, 4.69) is 26.2 Å². The topological polar surface area (TPSA) is 45.2 Å². The molecule has 0 saturated carbocycles. The third-order valence-electron chi connectivity index (χ3n) is 3.15. The van der Waals surface area contributed by atoms with Gasteiger partial charge in [-0.2, -0.15) is 0 Å². The maximum absolute atomic E-state index is 13.5. The predicted octanol–water partition coefficient (Wildman–Crippen LogP) is 2.80. The minimum Gasteiger partial charge on any atom is -0.367 e. The first kappa shape index (κ1) is 14.2. The summed E-state index contributed by atoms with van der Waals surface area (Å²) in [6.45, 7) is 2.11. The summed E-state index contributed by atoms with van der Waals surface area (Å²) in [4.78, 5) is 17.7. The number of carbonyl (C=O) groups is 1. The van der Waals surface area contributed by atoms with Crippen LogP contribution in [-0.2, 0) is 4.79 Å². The van der Waals surface area contributed by atoms with Crippen molar-refractivity contribution in [2.24, 2.45) is 0 Å². The average Bonchev–Trinajstić information content (AvgIpc) is 2.42. The molecule has 4 nitrogen and oxygen atoms in total. The standard InChI is InChI=1S/C13H17BrFN3O/c14-10-8-11(15)13(17-9-10)16-5-4-12(19)18-6-2-1-3-7-18/h8-9H,1-7H2,(H,16,17). The van der Waals surface area contributed by atoms with Gasteiger partial charge in [0.25, 0.3) is 0 Å². The summed E-state index contributed by atoms with van der Waals surface area (Å²) < 4.78 is 14.1. The molecule has 0 spiro atoms. The molecule has 19 heavy (non-hydrogen) atoms. The van der Waals surface area contributed by atoms with Crippen molar-refractivity contribution in [3.05, 3.63) is 22.6 Å². The minimum atomic E-state index is -0.417. The minimum absolute atomic E-state index is 0.129. The highest BCUT2D eigenvalue weighted by Gasteiger charge is 2.16. The van der Waals surface area contributed by atoms with Gasteiger partial charge in [0.1, 0.15) is 0 Å². The molecular weight excluding hydrogens is 313 g/mol. The fourth-order valence-electron chi connectivity index (χ4n) is 2.13. The molecule has 0 unspecified atom stereocenters. The van der Waals surface area contributed by atoms with Crippen LogP contribution in [0.4, 0.5) is 10.2 Å². The Labute approximate surface area is 120 Å². The van der Waals surface area contributed by atoms with Gasteiger partial charge in [-0.05, 0) is 41.3 Å². The van der Waals surface area contributed by atoms with Crippen LogP contribution >= 0.6 is 15.9 Å². The Morgan fingerprint density at radius 3 is 2.84 bits per heavy atom. The van der Waals surface area contributed by atoms with Crippen LogP contribution < -0.4 is 5.32 Å². The molecule has 0 bridgehead atoms. The zero-order chi connectivity index (χ0) is 13.7. The lowest BCUT2D eigenvalue weighted by Crippen LogP contribution is -2.36. The number of carbonyl (C=O) groups excluding carboxylic acids is 1. The van der Waals surface area contributed by atoms with Crippen molar-refractivity contribution in [1.29, 1.82) is 0 Å². The van der Waals surface area contributed by atoms with E-state index in [1.807, 2.05) is 4.90 Å². The highest BCUT2D eigenvalue weighted by molar-refractivity contribution is 9.10. The first-order valence-electron chi connectivity index (χ1n) is 6.49. The zero-order valence-corrected chi connectivity index (χ0v) is 12.2. The highest BCUT2D eigenvalue weighted by Crippen LogP contribution is 2.16. The summed E-state index contributed by atoms with van der Waals surface area (Å²) in [5.41, 5.74) is 0. The number of aromatic nitrogens is 1. The number of hydrogen-bond acceptors (Lipinski definition) is 3. The third-order valence-corrected chi connectivity index (χ3v) is 3.58. The second-order valence-electron chi connectivity index (χ2n) is 4.60. The molecule has 0 radical (unpaired) electrons. The fourth-order valence-corrected chi connectivity index (χ4v) is 2.44. The van der Waals surface area contributed by atoms with Gasteiger partial charge in [-0.25, -0.2) is 9.37 Å². The number of amides is 1. The molecule has 1 amide bonds. The Morgan fingerprint density at radius 1 is 1.42 bits per heavy atom. The average molecular weight is 330 g/mol. The lowest BCUT2D eigenvalue weighted by Gasteiger charge is -2.26. The number of anilines is 1. The summed E-state index contributed by atoms with van der Waals surface area (Å²) >= 11 is 3.15. The Bertz CT molecular complexity index is 450. The second kappa shape index (κ2) is 6.84. The number of hydrogen-bond donors (Lipinski definition) is 1. The third kappa shape index (κ3) is 4.16. The van der Waals surface area contributed by atoms with E-state index in [0.29, 0.717) is 17.4 Å². The number of likely N-dealkylation sites (tertiary alicyclic amines) is 1. The molecule has 6 heteroatoms. The van der Waals surface area contributed by atoms with Gasteiger partial charge in [0.15, 0.2) is 11.6 Å². The molecule has 1 aliphatic heterocycles. The molecule has 1 N–H and O–H groups in total. The number of nitrogens with one attached hydrogen (secondary N) is 1. The highest BCUT2D eigenvalue weighted by atomic mass is 79.9. The summed E-state index contributed by atoms with van der Waals surface area (Å²) in [5, 5.41) is 2.86. The Kier molecular flexibility index (Phi) is 5.13. The summed E-state index contributed by atoms with van der Waals surface area (Å²) in [5.74, 6) is -0.0980. The molecule has 1 aromatic rings. The van der Waals surface area contributed by atoms with E-state index >= 15 is 0 Å². The molecule has 0 atom stereocenters. The predicted molar refractivity (Wildman–Crippen MR) is 75.4 cm³/mol. The van der Waals surface area contributed by atoms with Crippen LogP contribution in [0.3, 0.4) is 0 Å². The van der Waals surface area contributed by atoms with Crippen LogP contribution in [0.5, 0.6) is 0 Å². The van der Waals surface area contributed by atoms with Gasteiger partial charge in [0.2, 0.25) is 5.91 Å². The quantitative estimate of drug-likeness (QED) is 0.923. The lowest BCUT2D eigenvalue weighted by molar-refractivity contribution is -0.131. The van der Waals surface area contributed by atoms with Gasteiger partial charge in [0.05, 0.1) is 0 Å². The van der Waals surface area contributed by atoms with Gasteiger partial charge < -0.3 is 10.2 Å². The summed E-state index contributed by atoms with van der Waals surface area (Å²) in [6, 6.07) is 1.35. The normalized spacial score (nSPS) is 15.4. The van der Waals surface area contributed by atoms with Crippen LogP contribution in [0.2, 0.25) is 0 Å². The Balaban J connectivity index is 1.78. The van der Waals surface area contributed by atoms with E-state index in [9.17, 15) is 9.18 Å². The van der Waals surface area contributed by atoms with Crippen LogP contribution in [0.25, 0.3) is 0 Å². The van der Waals surface area contributed by atoms with Crippen molar-refractivity contribution in [2.45, 2.75) is 25.7 Å². The van der Waals surface area contributed by atoms with Gasteiger partial charge in [0, 0.05) is 36.7 Å². The van der Waals surface area contributed by atoms with Crippen molar-refractivity contribution in [3.63, 3.8) is 0 Å². The molecule has 1 fully saturated rings. The molecule has 1 aliphatic rings. The molecular formula is C13H17BrFN3O. The van der Waals surface area contributed by atoms with E-state index in [4.69, 9.17) is 0 Å². The Morgan fingerprint density at radius 2 is 2.16 bits per heavy atom. The van der Waals surface area contributed by atoms with Crippen molar-refractivity contribution < 1.29 is 9.18 Å². The molecule has 0 aliphatic carbocycles. The number of nitrogens with zero attached hydrogens (tertiary/aromatic N) is 2. The van der Waals surface area contributed by atoms with Crippen LogP contribution in [0, 0.1) is 5.82 Å². The zero-order valence-electron chi connectivity index (χ0n) is 10.7. The maximum atomic E-state index is 13.5. The van der Waals surface area contributed by atoms with Crippen LogP contribution in [-0.4, -0.2) is 35.4 Å². The number of piperidine rings is 1. The molecule has 0 aromatic carbocycles. The van der Waals surface area contributed by atoms with Crippen molar-refractivity contribution in [2.75, 3.05) is 25.0 Å². The van der Waals surface area contributed by atoms with E-state index in [1.165, 1.54) is 18.7 Å². The fraction of sp³-hybridized carbons (Fsp3) is 0.538. The molecule has 1 saturated heterocycles. The second-order valence-corrected chi connectivity index (χ2v) is 5.52. The van der Waals surface area contributed by atoms with Crippen molar-refractivity contribution in [1.82, 2.24) is 9.88 Å². The summed E-state index contributed by atoms with van der Waals surface area (Å²) in [7, 11) is 0. The van der Waals surface area contributed by atoms with Crippen molar-refractivity contribution >= 4 is 27.7 Å². The summed E-state index contributed by atoms with van der Waals surface area (Å²) in [6.07, 6.45) is 5.27. The van der Waals surface area contributed by atoms with E-state index < -0.39 is 5.82 Å². The Hall–Kier alpha value is -1.17. The molecule has 1 aromatic heterocycles. The van der Waals surface area contributed by atoms with E-state index in [-0.39, 0.29) is 11.7 Å². The van der Waals surface area contributed by atoms with E-state index in [1.54, 1.807) is 0 Å². The number of pyridine rings is 1. The monoisotopic (exact) mass is 329 g/mol. The molecule has 2 rings (SSSR count). The van der Waals surface area contributed by atoms with Crippen LogP contribution in [0.1, 0.15) is 25.7 Å². The van der Waals surface area contributed by atoms with Gasteiger partial charge >= 0.3 is 0 Å². The molecule has 104 valence electrons. The molecule has 2 heterocycles. The van der Waals surface area contributed by atoms with E-state index in [0.717, 1.165) is 25.9 Å². The first-order valence-corrected chi connectivity index (χ1v) is 7.29. The van der Waals surface area contributed by atoms with Gasteiger partial charge in [-0.15, -0.1) is 0 Å². The SMILES string of the molecule is O=C(CCNc1ncc(Br)cc1F)N1CCCCC1. The first-order chi connectivity index (χ1) is 9.16. The number of halogens is 2. The lowest BCUT2D eigenvalue weighted by atomic mass is 10.1. The van der Waals surface area contributed by atoms with Crippen LogP contribution in [0.15, 0.2) is 16.7 Å². The largest absolute Gasteiger partial charge is 0.367 e. The van der Waals surface area contributed by atoms with Gasteiger partial charge in [-0.1, -0.05) is 0 Å². The van der Waals surface area contributed by atoms with Gasteiger partial charge in [-0.3, -0.25) is 4.79 Å².